The smallest absolute Gasteiger partial charge is 0.113 e. The Hall–Kier alpha value is -2.22. The van der Waals surface area contributed by atoms with Gasteiger partial charge in [0.2, 0.25) is 0 Å². The van der Waals surface area contributed by atoms with E-state index in [9.17, 15) is 0 Å². The van der Waals surface area contributed by atoms with Gasteiger partial charge in [-0.15, -0.1) is 0 Å². The highest BCUT2D eigenvalue weighted by Crippen LogP contribution is 2.61. The Morgan fingerprint density at radius 1 is 0.742 bits per heavy atom. The fourth-order valence-electron chi connectivity index (χ4n) is 7.62. The fraction of sp³-hybridized carbons (Fsp3) is 0.517. The molecule has 162 valence electrons. The van der Waals surface area contributed by atoms with E-state index in [2.05, 4.69) is 79.1 Å². The van der Waals surface area contributed by atoms with Crippen molar-refractivity contribution in [3.63, 3.8) is 0 Å². The quantitative estimate of drug-likeness (QED) is 0.514. The number of allylic oxidation sites excluding steroid dienone is 2. The van der Waals surface area contributed by atoms with Crippen LogP contribution in [0.15, 0.2) is 59.9 Å². The molecule has 2 unspecified atom stereocenters. The zero-order chi connectivity index (χ0) is 21.2. The van der Waals surface area contributed by atoms with Crippen LogP contribution in [-0.2, 0) is 5.41 Å². The van der Waals surface area contributed by atoms with E-state index in [1.54, 1.807) is 11.3 Å². The molecule has 0 saturated heterocycles. The Morgan fingerprint density at radius 2 is 1.35 bits per heavy atom. The molecule has 0 spiro atoms. The second-order valence-corrected chi connectivity index (χ2v) is 10.6. The fourth-order valence-corrected chi connectivity index (χ4v) is 7.62. The highest BCUT2D eigenvalue weighted by molar-refractivity contribution is 5.79. The van der Waals surface area contributed by atoms with Crippen LogP contribution in [0.3, 0.4) is 0 Å². The Kier molecular flexibility index (Phi) is 4.49. The Bertz CT molecular complexity index is 1020. The molecular weight excluding hydrogens is 376 g/mol. The van der Waals surface area contributed by atoms with Gasteiger partial charge in [0.15, 0.2) is 0 Å². The largest absolute Gasteiger partial charge is 0.322 e. The van der Waals surface area contributed by atoms with Crippen molar-refractivity contribution >= 4 is 11.4 Å². The van der Waals surface area contributed by atoms with Crippen molar-refractivity contribution in [3.05, 3.63) is 71.1 Å². The van der Waals surface area contributed by atoms with Crippen LogP contribution < -0.4 is 9.80 Å². The van der Waals surface area contributed by atoms with E-state index in [0.29, 0.717) is 6.17 Å². The predicted octanol–water partition coefficient (Wildman–Crippen LogP) is 7.53. The first-order valence-electron chi connectivity index (χ1n) is 12.6. The molecular formula is C29H36N2. The molecule has 0 N–H and O–H groups in total. The van der Waals surface area contributed by atoms with Crippen LogP contribution in [0.25, 0.3) is 0 Å². The number of para-hydroxylation sites is 2. The summed E-state index contributed by atoms with van der Waals surface area (Å²) in [5, 5.41) is 0. The molecule has 2 heterocycles. The van der Waals surface area contributed by atoms with Gasteiger partial charge in [-0.2, -0.15) is 0 Å². The lowest BCUT2D eigenvalue weighted by atomic mass is 9.70. The topological polar surface area (TPSA) is 6.48 Å². The number of rotatable bonds is 3. The first-order chi connectivity index (χ1) is 15.1. The average molecular weight is 413 g/mol. The number of fused-ring (bicyclic) bond motifs is 3. The molecule has 0 aromatic heterocycles. The summed E-state index contributed by atoms with van der Waals surface area (Å²) in [4.78, 5) is 5.55. The van der Waals surface area contributed by atoms with Crippen molar-refractivity contribution in [2.24, 2.45) is 11.8 Å². The minimum atomic E-state index is 0.130. The molecule has 0 amide bonds. The first-order valence-corrected chi connectivity index (χ1v) is 12.6. The van der Waals surface area contributed by atoms with Gasteiger partial charge in [-0.05, 0) is 81.5 Å². The van der Waals surface area contributed by atoms with Crippen molar-refractivity contribution in [3.8, 4) is 0 Å². The Morgan fingerprint density at radius 3 is 2.06 bits per heavy atom. The van der Waals surface area contributed by atoms with E-state index in [0.717, 1.165) is 11.8 Å². The van der Waals surface area contributed by atoms with Gasteiger partial charge in [-0.25, -0.2) is 0 Å². The summed E-state index contributed by atoms with van der Waals surface area (Å²) in [6.07, 6.45) is 11.4. The van der Waals surface area contributed by atoms with E-state index in [-0.39, 0.29) is 5.41 Å². The maximum atomic E-state index is 2.81. The average Bonchev–Trinajstić information content (AvgIpc) is 3.56. The van der Waals surface area contributed by atoms with Crippen LogP contribution in [0, 0.1) is 18.8 Å². The Labute approximate surface area is 187 Å². The normalized spacial score (nSPS) is 28.7. The monoisotopic (exact) mass is 412 g/mol. The molecule has 2 aromatic carbocycles. The number of hydrogen-bond donors (Lipinski definition) is 0. The second-order valence-electron chi connectivity index (χ2n) is 10.6. The lowest BCUT2D eigenvalue weighted by molar-refractivity contribution is 0.349. The molecule has 2 nitrogen and oxygen atoms in total. The summed E-state index contributed by atoms with van der Waals surface area (Å²) in [5.74, 6) is 1.48. The van der Waals surface area contributed by atoms with Gasteiger partial charge in [-0.1, -0.05) is 62.1 Å². The highest BCUT2D eigenvalue weighted by atomic mass is 15.4. The SMILES string of the molecule is CC1=C2N(c3ccccc3C2(C)C2CCCC2)C(C2CCCC2)N1c1ccccc1C. The van der Waals surface area contributed by atoms with Gasteiger partial charge >= 0.3 is 0 Å². The molecule has 2 aliphatic heterocycles. The molecule has 0 radical (unpaired) electrons. The number of hydrogen-bond acceptors (Lipinski definition) is 2. The van der Waals surface area contributed by atoms with Gasteiger partial charge in [0, 0.05) is 22.5 Å². The summed E-state index contributed by atoms with van der Waals surface area (Å²) in [6, 6.07) is 18.4. The highest BCUT2D eigenvalue weighted by Gasteiger charge is 2.57. The van der Waals surface area contributed by atoms with E-state index >= 15 is 0 Å². The molecule has 2 fully saturated rings. The van der Waals surface area contributed by atoms with Crippen LogP contribution in [0.4, 0.5) is 11.4 Å². The zero-order valence-electron chi connectivity index (χ0n) is 19.4. The van der Waals surface area contributed by atoms with Crippen LogP contribution in [0.2, 0.25) is 0 Å². The third-order valence-corrected chi connectivity index (χ3v) is 9.06. The van der Waals surface area contributed by atoms with Crippen LogP contribution in [-0.4, -0.2) is 6.17 Å². The molecule has 2 atom stereocenters. The Balaban J connectivity index is 1.59. The molecule has 2 saturated carbocycles. The molecule has 6 rings (SSSR count). The van der Waals surface area contributed by atoms with Gasteiger partial charge in [0.25, 0.3) is 0 Å². The molecule has 31 heavy (non-hydrogen) atoms. The molecule has 2 heteroatoms. The minimum Gasteiger partial charge on any atom is -0.322 e. The summed E-state index contributed by atoms with van der Waals surface area (Å²) in [6.45, 7) is 7.28. The molecule has 0 bridgehead atoms. The number of benzene rings is 2. The maximum absolute atomic E-state index is 2.81. The van der Waals surface area contributed by atoms with Crippen molar-refractivity contribution in [1.29, 1.82) is 0 Å². The van der Waals surface area contributed by atoms with E-state index in [1.807, 2.05) is 0 Å². The van der Waals surface area contributed by atoms with E-state index in [4.69, 9.17) is 0 Å². The summed E-state index contributed by atoms with van der Waals surface area (Å²) < 4.78 is 0. The maximum Gasteiger partial charge on any atom is 0.113 e. The van der Waals surface area contributed by atoms with Crippen molar-refractivity contribution in [2.45, 2.75) is 83.7 Å². The third kappa shape index (κ3) is 2.63. The van der Waals surface area contributed by atoms with Crippen molar-refractivity contribution < 1.29 is 0 Å². The van der Waals surface area contributed by atoms with Gasteiger partial charge in [0.05, 0.1) is 5.70 Å². The minimum absolute atomic E-state index is 0.130. The third-order valence-electron chi connectivity index (χ3n) is 9.06. The number of aryl methyl sites for hydroxylation is 1. The first kappa shape index (κ1) is 19.5. The molecule has 2 aliphatic carbocycles. The van der Waals surface area contributed by atoms with Crippen molar-refractivity contribution in [2.75, 3.05) is 9.80 Å². The summed E-state index contributed by atoms with van der Waals surface area (Å²) in [5.41, 5.74) is 9.11. The second kappa shape index (κ2) is 7.15. The lowest BCUT2D eigenvalue weighted by Crippen LogP contribution is -2.45. The van der Waals surface area contributed by atoms with E-state index in [1.165, 1.54) is 74.0 Å². The van der Waals surface area contributed by atoms with Gasteiger partial charge < -0.3 is 9.80 Å². The molecule has 4 aliphatic rings. The van der Waals surface area contributed by atoms with Crippen molar-refractivity contribution in [1.82, 2.24) is 0 Å². The molecule has 2 aromatic rings. The lowest BCUT2D eigenvalue weighted by Gasteiger charge is -2.38. The number of nitrogens with zero attached hydrogens (tertiary/aromatic N) is 2. The summed E-state index contributed by atoms with van der Waals surface area (Å²) in [7, 11) is 0. The van der Waals surface area contributed by atoms with Gasteiger partial charge in [-0.3, -0.25) is 0 Å². The zero-order valence-corrected chi connectivity index (χ0v) is 19.4. The predicted molar refractivity (Wildman–Crippen MR) is 130 cm³/mol. The van der Waals surface area contributed by atoms with Crippen LogP contribution >= 0.6 is 0 Å². The van der Waals surface area contributed by atoms with Crippen LogP contribution in [0.1, 0.15) is 76.3 Å². The van der Waals surface area contributed by atoms with Gasteiger partial charge in [0.1, 0.15) is 6.17 Å². The van der Waals surface area contributed by atoms with E-state index < -0.39 is 0 Å². The summed E-state index contributed by atoms with van der Waals surface area (Å²) >= 11 is 0. The standard InChI is InChI=1S/C29H36N2/c1-20-12-4-10-18-25(20)30-21(2)27-29(3,23-15-7-8-16-23)24-17-9-11-19-26(24)31(27)28(30)22-13-5-6-14-22/h4,9-12,17-19,22-23,28H,5-8,13-16H2,1-3H3. The number of anilines is 2. The van der Waals surface area contributed by atoms with Crippen LogP contribution in [0.5, 0.6) is 0 Å².